The number of hydrogen-bond acceptors (Lipinski definition) is 7. The summed E-state index contributed by atoms with van der Waals surface area (Å²) in [6.45, 7) is 7.72. The number of anilines is 1. The summed E-state index contributed by atoms with van der Waals surface area (Å²) in [6.07, 6.45) is 1.81. The number of carbonyl (C=O) groups excluding carboxylic acids is 1. The first-order valence-corrected chi connectivity index (χ1v) is 13.1. The smallest absolute Gasteiger partial charge is 0.275 e. The minimum absolute atomic E-state index is 0.0316. The molecule has 6 rings (SSSR count). The molecule has 1 unspecified atom stereocenters. The maximum absolute atomic E-state index is 13.0. The second kappa shape index (κ2) is 8.84. The number of likely N-dealkylation sites (tertiary alicyclic amines) is 1. The van der Waals surface area contributed by atoms with Crippen LogP contribution < -0.4 is 19.5 Å². The summed E-state index contributed by atoms with van der Waals surface area (Å²) in [5, 5.41) is 5.53. The molecule has 2 aromatic carbocycles. The van der Waals surface area contributed by atoms with Gasteiger partial charge in [0.25, 0.3) is 5.91 Å². The Balaban J connectivity index is 1.15. The number of thiazole rings is 1. The van der Waals surface area contributed by atoms with Gasteiger partial charge in [-0.2, -0.15) is 0 Å². The van der Waals surface area contributed by atoms with Crippen molar-refractivity contribution in [1.29, 1.82) is 0 Å². The molecule has 0 saturated carbocycles. The first-order valence-electron chi connectivity index (χ1n) is 12.2. The molecule has 1 amide bonds. The Kier molecular flexibility index (Phi) is 5.65. The summed E-state index contributed by atoms with van der Waals surface area (Å²) in [4.78, 5) is 20.1. The SMILES string of the molecule is CC(C)N1CCC2(CC1)COc1ccc(NC(=O)c3csc(C4COc5ccccc5O4)n3)cc12. The van der Waals surface area contributed by atoms with Crippen LogP contribution >= 0.6 is 11.3 Å². The van der Waals surface area contributed by atoms with E-state index in [9.17, 15) is 4.79 Å². The van der Waals surface area contributed by atoms with Gasteiger partial charge in [-0.3, -0.25) is 4.79 Å². The van der Waals surface area contributed by atoms with Gasteiger partial charge in [0.05, 0.1) is 6.61 Å². The fourth-order valence-electron chi connectivity index (χ4n) is 5.20. The Morgan fingerprint density at radius 3 is 2.71 bits per heavy atom. The van der Waals surface area contributed by atoms with E-state index in [0.717, 1.165) is 48.1 Å². The van der Waals surface area contributed by atoms with Gasteiger partial charge in [-0.05, 0) is 70.1 Å². The lowest BCUT2D eigenvalue weighted by Gasteiger charge is -2.40. The number of piperidine rings is 1. The van der Waals surface area contributed by atoms with Crippen LogP contribution in [0.3, 0.4) is 0 Å². The molecule has 4 heterocycles. The van der Waals surface area contributed by atoms with Gasteiger partial charge in [0, 0.05) is 28.1 Å². The number of para-hydroxylation sites is 2. The van der Waals surface area contributed by atoms with Crippen molar-refractivity contribution >= 4 is 22.9 Å². The molecule has 3 aromatic rings. The lowest BCUT2D eigenvalue weighted by Crippen LogP contribution is -2.46. The van der Waals surface area contributed by atoms with Gasteiger partial charge in [-0.15, -0.1) is 11.3 Å². The molecule has 3 aliphatic rings. The Morgan fingerprint density at radius 1 is 1.11 bits per heavy atom. The maximum atomic E-state index is 13.0. The van der Waals surface area contributed by atoms with Crippen LogP contribution in [0.2, 0.25) is 0 Å². The lowest BCUT2D eigenvalue weighted by molar-refractivity contribution is 0.0906. The van der Waals surface area contributed by atoms with E-state index < -0.39 is 0 Å². The predicted octanol–water partition coefficient (Wildman–Crippen LogP) is 5.04. The van der Waals surface area contributed by atoms with Gasteiger partial charge in [-0.1, -0.05) is 12.1 Å². The molecule has 1 aromatic heterocycles. The number of ether oxygens (including phenoxy) is 3. The summed E-state index contributed by atoms with van der Waals surface area (Å²) in [6, 6.07) is 14.1. The van der Waals surface area contributed by atoms with Crippen LogP contribution in [0.25, 0.3) is 0 Å². The molecule has 1 atom stereocenters. The molecule has 8 heteroatoms. The van der Waals surface area contributed by atoms with Crippen LogP contribution in [-0.4, -0.2) is 48.1 Å². The van der Waals surface area contributed by atoms with Crippen molar-refractivity contribution in [2.75, 3.05) is 31.6 Å². The lowest BCUT2D eigenvalue weighted by atomic mass is 9.74. The van der Waals surface area contributed by atoms with Gasteiger partial charge in [-0.25, -0.2) is 4.98 Å². The molecular formula is C27H29N3O4S. The minimum Gasteiger partial charge on any atom is -0.492 e. The standard InChI is InChI=1S/C27H29N3O4S/c1-17(2)30-11-9-27(10-12-30)16-33-21-8-7-18(13-19(21)27)28-25(31)20-15-35-26(29-20)24-14-32-22-5-3-4-6-23(22)34-24/h3-8,13,15,17,24H,9-12,14,16H2,1-2H3,(H,28,31). The minimum atomic E-state index is -0.329. The number of fused-ring (bicyclic) bond motifs is 3. The van der Waals surface area contributed by atoms with Crippen LogP contribution in [0.1, 0.15) is 53.9 Å². The molecule has 182 valence electrons. The van der Waals surface area contributed by atoms with E-state index in [1.165, 1.54) is 16.9 Å². The Morgan fingerprint density at radius 2 is 1.91 bits per heavy atom. The highest BCUT2D eigenvalue weighted by atomic mass is 32.1. The third-order valence-corrected chi connectivity index (χ3v) is 8.27. The van der Waals surface area contributed by atoms with E-state index in [1.54, 1.807) is 5.38 Å². The van der Waals surface area contributed by atoms with Crippen LogP contribution in [0, 0.1) is 0 Å². The number of carbonyl (C=O) groups is 1. The summed E-state index contributed by atoms with van der Waals surface area (Å²) < 4.78 is 17.9. The van der Waals surface area contributed by atoms with Crippen LogP contribution in [0.5, 0.6) is 17.2 Å². The highest BCUT2D eigenvalue weighted by Gasteiger charge is 2.43. The van der Waals surface area contributed by atoms with Crippen molar-refractivity contribution < 1.29 is 19.0 Å². The van der Waals surface area contributed by atoms with Crippen molar-refractivity contribution in [3.05, 3.63) is 64.1 Å². The fourth-order valence-corrected chi connectivity index (χ4v) is 6.01. The molecule has 0 radical (unpaired) electrons. The van der Waals surface area contributed by atoms with E-state index in [0.29, 0.717) is 30.7 Å². The largest absolute Gasteiger partial charge is 0.492 e. The average Bonchev–Trinajstić information content (AvgIpc) is 3.50. The molecule has 0 aliphatic carbocycles. The van der Waals surface area contributed by atoms with Crippen LogP contribution in [-0.2, 0) is 5.41 Å². The molecule has 3 aliphatic heterocycles. The normalized spacial score (nSPS) is 20.5. The molecule has 1 N–H and O–H groups in total. The van der Waals surface area contributed by atoms with Crippen LogP contribution in [0.15, 0.2) is 47.8 Å². The summed E-state index contributed by atoms with van der Waals surface area (Å²) in [5.74, 6) is 2.13. The van der Waals surface area contributed by atoms with E-state index in [4.69, 9.17) is 14.2 Å². The zero-order chi connectivity index (χ0) is 24.0. The summed E-state index contributed by atoms with van der Waals surface area (Å²) in [5.41, 5.74) is 2.39. The Hall–Kier alpha value is -3.10. The molecule has 35 heavy (non-hydrogen) atoms. The molecule has 1 fully saturated rings. The average molecular weight is 492 g/mol. The van der Waals surface area contributed by atoms with E-state index >= 15 is 0 Å². The molecule has 7 nitrogen and oxygen atoms in total. The van der Waals surface area contributed by atoms with Crippen molar-refractivity contribution in [2.24, 2.45) is 0 Å². The number of aromatic nitrogens is 1. The van der Waals surface area contributed by atoms with E-state index in [-0.39, 0.29) is 17.4 Å². The number of hydrogen-bond donors (Lipinski definition) is 1. The van der Waals surface area contributed by atoms with Gasteiger partial charge >= 0.3 is 0 Å². The number of rotatable bonds is 4. The van der Waals surface area contributed by atoms with Gasteiger partial charge in [0.15, 0.2) is 17.6 Å². The quantitative estimate of drug-likeness (QED) is 0.551. The third kappa shape index (κ3) is 4.15. The fraction of sp³-hybridized carbons (Fsp3) is 0.407. The molecule has 0 bridgehead atoms. The zero-order valence-corrected chi connectivity index (χ0v) is 20.8. The van der Waals surface area contributed by atoms with Crippen molar-refractivity contribution in [2.45, 2.75) is 44.2 Å². The van der Waals surface area contributed by atoms with Crippen molar-refractivity contribution in [3.8, 4) is 17.2 Å². The van der Waals surface area contributed by atoms with E-state index in [2.05, 4.69) is 35.1 Å². The van der Waals surface area contributed by atoms with Gasteiger partial charge in [0.1, 0.15) is 23.1 Å². The highest BCUT2D eigenvalue weighted by Crippen LogP contribution is 2.46. The number of amides is 1. The first kappa shape index (κ1) is 22.4. The van der Waals surface area contributed by atoms with Crippen molar-refractivity contribution in [3.63, 3.8) is 0 Å². The Labute approximate surface area is 209 Å². The second-order valence-corrected chi connectivity index (χ2v) is 10.7. The number of nitrogens with one attached hydrogen (secondary N) is 1. The first-order chi connectivity index (χ1) is 17.0. The predicted molar refractivity (Wildman–Crippen MR) is 135 cm³/mol. The van der Waals surface area contributed by atoms with E-state index in [1.807, 2.05) is 36.4 Å². The molecule has 1 spiro atoms. The van der Waals surface area contributed by atoms with Crippen LogP contribution in [0.4, 0.5) is 5.69 Å². The zero-order valence-electron chi connectivity index (χ0n) is 20.0. The number of nitrogens with zero attached hydrogens (tertiary/aromatic N) is 2. The monoisotopic (exact) mass is 491 g/mol. The Bertz CT molecular complexity index is 1250. The summed E-state index contributed by atoms with van der Waals surface area (Å²) >= 11 is 1.41. The second-order valence-electron chi connectivity index (χ2n) is 9.80. The maximum Gasteiger partial charge on any atom is 0.275 e. The highest BCUT2D eigenvalue weighted by molar-refractivity contribution is 7.09. The summed E-state index contributed by atoms with van der Waals surface area (Å²) in [7, 11) is 0. The molecule has 1 saturated heterocycles. The third-order valence-electron chi connectivity index (χ3n) is 7.34. The van der Waals surface area contributed by atoms with Crippen molar-refractivity contribution in [1.82, 2.24) is 9.88 Å². The topological polar surface area (TPSA) is 72.9 Å². The van der Waals surface area contributed by atoms with Gasteiger partial charge < -0.3 is 24.4 Å². The molecular weight excluding hydrogens is 462 g/mol. The van der Waals surface area contributed by atoms with Gasteiger partial charge in [0.2, 0.25) is 0 Å². The number of benzene rings is 2.